The van der Waals surface area contributed by atoms with E-state index in [0.29, 0.717) is 6.04 Å². The monoisotopic (exact) mass is 291 g/mol. The van der Waals surface area contributed by atoms with E-state index in [1.807, 2.05) is 0 Å². The summed E-state index contributed by atoms with van der Waals surface area (Å²) in [6.45, 7) is 0.176. The van der Waals surface area contributed by atoms with Crippen LogP contribution < -0.4 is 5.32 Å². The quantitative estimate of drug-likeness (QED) is 0.836. The normalized spacial score (nSPS) is 17.5. The first-order valence-electron chi connectivity index (χ1n) is 5.14. The van der Waals surface area contributed by atoms with Crippen LogP contribution in [-0.4, -0.2) is 17.7 Å². The lowest BCUT2D eigenvalue weighted by Crippen LogP contribution is -2.24. The molecule has 1 aromatic rings. The second-order valence-electron chi connectivity index (χ2n) is 3.96. The van der Waals surface area contributed by atoms with Gasteiger partial charge in [0.05, 0.1) is 16.1 Å². The standard InChI is InChI=1S/C11H12BrF2NO/c12-7-3-4-8(13)10(11(7)14)9(16)5-15-6-1-2-6/h3-4,6,9,15-16H,1-2,5H2. The average Bonchev–Trinajstić information content (AvgIpc) is 3.05. The first kappa shape index (κ1) is 12.0. The highest BCUT2D eigenvalue weighted by molar-refractivity contribution is 9.10. The second kappa shape index (κ2) is 4.77. The van der Waals surface area contributed by atoms with Gasteiger partial charge in [-0.15, -0.1) is 0 Å². The van der Waals surface area contributed by atoms with Crippen molar-refractivity contribution in [1.82, 2.24) is 5.32 Å². The predicted octanol–water partition coefficient (Wildman–Crippen LogP) is 2.51. The van der Waals surface area contributed by atoms with E-state index in [2.05, 4.69) is 21.2 Å². The Balaban J connectivity index is 2.13. The average molecular weight is 292 g/mol. The Morgan fingerprint density at radius 1 is 1.44 bits per heavy atom. The number of nitrogens with one attached hydrogen (secondary N) is 1. The van der Waals surface area contributed by atoms with Crippen molar-refractivity contribution in [2.24, 2.45) is 0 Å². The minimum Gasteiger partial charge on any atom is -0.387 e. The number of rotatable bonds is 4. The number of halogens is 3. The highest BCUT2D eigenvalue weighted by Crippen LogP contribution is 2.27. The lowest BCUT2D eigenvalue weighted by molar-refractivity contribution is 0.164. The van der Waals surface area contributed by atoms with Crippen molar-refractivity contribution >= 4 is 15.9 Å². The highest BCUT2D eigenvalue weighted by Gasteiger charge is 2.24. The fourth-order valence-corrected chi connectivity index (χ4v) is 1.86. The fraction of sp³-hybridized carbons (Fsp3) is 0.455. The van der Waals surface area contributed by atoms with E-state index in [9.17, 15) is 13.9 Å². The van der Waals surface area contributed by atoms with E-state index in [0.717, 1.165) is 18.9 Å². The maximum atomic E-state index is 13.6. The summed E-state index contributed by atoms with van der Waals surface area (Å²) in [4.78, 5) is 0. The van der Waals surface area contributed by atoms with Crippen LogP contribution in [0.2, 0.25) is 0 Å². The third kappa shape index (κ3) is 2.59. The minimum absolute atomic E-state index is 0.161. The van der Waals surface area contributed by atoms with E-state index in [-0.39, 0.29) is 16.6 Å². The van der Waals surface area contributed by atoms with E-state index < -0.39 is 17.7 Å². The number of aliphatic hydroxyl groups is 1. The molecule has 0 radical (unpaired) electrons. The van der Waals surface area contributed by atoms with Crippen molar-refractivity contribution in [1.29, 1.82) is 0 Å². The molecule has 1 fully saturated rings. The summed E-state index contributed by atoms with van der Waals surface area (Å²) in [5.41, 5.74) is -0.275. The molecule has 1 unspecified atom stereocenters. The largest absolute Gasteiger partial charge is 0.387 e. The number of aliphatic hydroxyl groups excluding tert-OH is 1. The topological polar surface area (TPSA) is 32.3 Å². The van der Waals surface area contributed by atoms with Gasteiger partial charge in [-0.1, -0.05) is 0 Å². The van der Waals surface area contributed by atoms with Crippen LogP contribution in [0.1, 0.15) is 24.5 Å². The van der Waals surface area contributed by atoms with Crippen molar-refractivity contribution < 1.29 is 13.9 Å². The van der Waals surface area contributed by atoms with Crippen molar-refractivity contribution in [2.45, 2.75) is 25.0 Å². The van der Waals surface area contributed by atoms with Gasteiger partial charge in [0, 0.05) is 12.6 Å². The Kier molecular flexibility index (Phi) is 3.56. The van der Waals surface area contributed by atoms with Crippen molar-refractivity contribution in [3.05, 3.63) is 33.8 Å². The Bertz CT molecular complexity index is 396. The van der Waals surface area contributed by atoms with Crippen LogP contribution in [0.3, 0.4) is 0 Å². The molecule has 1 aromatic carbocycles. The molecular formula is C11H12BrF2NO. The third-order valence-electron chi connectivity index (χ3n) is 2.59. The van der Waals surface area contributed by atoms with E-state index in [4.69, 9.17) is 0 Å². The van der Waals surface area contributed by atoms with Gasteiger partial charge >= 0.3 is 0 Å². The van der Waals surface area contributed by atoms with Crippen LogP contribution in [0.5, 0.6) is 0 Å². The third-order valence-corrected chi connectivity index (χ3v) is 3.20. The van der Waals surface area contributed by atoms with E-state index >= 15 is 0 Å². The molecule has 0 aromatic heterocycles. The van der Waals surface area contributed by atoms with Gasteiger partial charge in [0.15, 0.2) is 0 Å². The van der Waals surface area contributed by atoms with Gasteiger partial charge in [0.1, 0.15) is 11.6 Å². The first-order valence-corrected chi connectivity index (χ1v) is 5.93. The molecule has 1 saturated carbocycles. The Labute approximate surface area is 101 Å². The van der Waals surface area contributed by atoms with Crippen LogP contribution in [0, 0.1) is 11.6 Å². The second-order valence-corrected chi connectivity index (χ2v) is 4.81. The smallest absolute Gasteiger partial charge is 0.146 e. The zero-order valence-corrected chi connectivity index (χ0v) is 10.1. The summed E-state index contributed by atoms with van der Waals surface area (Å²) >= 11 is 2.97. The Hall–Kier alpha value is -0.520. The van der Waals surface area contributed by atoms with Crippen LogP contribution in [-0.2, 0) is 0 Å². The molecule has 0 spiro atoms. The Morgan fingerprint density at radius 3 is 2.75 bits per heavy atom. The zero-order chi connectivity index (χ0) is 11.7. The fourth-order valence-electron chi connectivity index (χ4n) is 1.52. The lowest BCUT2D eigenvalue weighted by Gasteiger charge is -2.14. The van der Waals surface area contributed by atoms with Gasteiger partial charge in [-0.05, 0) is 40.9 Å². The van der Waals surface area contributed by atoms with Gasteiger partial charge in [-0.25, -0.2) is 8.78 Å². The molecule has 1 atom stereocenters. The summed E-state index contributed by atoms with van der Waals surface area (Å²) in [5.74, 6) is -1.45. The van der Waals surface area contributed by atoms with Gasteiger partial charge in [-0.2, -0.15) is 0 Å². The molecule has 0 amide bonds. The molecule has 5 heteroatoms. The maximum absolute atomic E-state index is 13.6. The summed E-state index contributed by atoms with van der Waals surface area (Å²) in [5, 5.41) is 12.8. The number of benzene rings is 1. The van der Waals surface area contributed by atoms with E-state index in [1.54, 1.807) is 0 Å². The summed E-state index contributed by atoms with van der Waals surface area (Å²) < 4.78 is 27.1. The molecule has 0 saturated heterocycles. The summed E-state index contributed by atoms with van der Waals surface area (Å²) in [6, 6.07) is 2.82. The molecule has 0 aliphatic heterocycles. The summed E-state index contributed by atoms with van der Waals surface area (Å²) in [7, 11) is 0. The zero-order valence-electron chi connectivity index (χ0n) is 8.51. The van der Waals surface area contributed by atoms with Crippen LogP contribution >= 0.6 is 15.9 Å². The molecule has 2 N–H and O–H groups in total. The number of hydrogen-bond acceptors (Lipinski definition) is 2. The minimum atomic E-state index is -1.15. The molecule has 1 aliphatic rings. The molecule has 0 heterocycles. The molecule has 88 valence electrons. The molecule has 2 nitrogen and oxygen atoms in total. The van der Waals surface area contributed by atoms with Crippen molar-refractivity contribution in [3.63, 3.8) is 0 Å². The molecule has 1 aliphatic carbocycles. The predicted molar refractivity (Wildman–Crippen MR) is 60.0 cm³/mol. The van der Waals surface area contributed by atoms with Gasteiger partial charge < -0.3 is 10.4 Å². The van der Waals surface area contributed by atoms with Crippen LogP contribution in [0.25, 0.3) is 0 Å². The van der Waals surface area contributed by atoms with Crippen molar-refractivity contribution in [2.75, 3.05) is 6.54 Å². The van der Waals surface area contributed by atoms with Crippen LogP contribution in [0.4, 0.5) is 8.78 Å². The van der Waals surface area contributed by atoms with Gasteiger partial charge in [0.2, 0.25) is 0 Å². The SMILES string of the molecule is OC(CNC1CC1)c1c(F)ccc(Br)c1F. The van der Waals surface area contributed by atoms with Crippen molar-refractivity contribution in [3.8, 4) is 0 Å². The Morgan fingerprint density at radius 2 is 2.12 bits per heavy atom. The highest BCUT2D eigenvalue weighted by atomic mass is 79.9. The first-order chi connectivity index (χ1) is 7.59. The molecule has 2 rings (SSSR count). The maximum Gasteiger partial charge on any atom is 0.146 e. The summed E-state index contributed by atoms with van der Waals surface area (Å²) in [6.07, 6.45) is 0.977. The van der Waals surface area contributed by atoms with Gasteiger partial charge in [-0.3, -0.25) is 0 Å². The lowest BCUT2D eigenvalue weighted by atomic mass is 10.1. The van der Waals surface area contributed by atoms with Crippen LogP contribution in [0.15, 0.2) is 16.6 Å². The molecular weight excluding hydrogens is 280 g/mol. The van der Waals surface area contributed by atoms with E-state index in [1.165, 1.54) is 6.07 Å². The number of hydrogen-bond donors (Lipinski definition) is 2. The molecule has 0 bridgehead atoms. The van der Waals surface area contributed by atoms with Gasteiger partial charge in [0.25, 0.3) is 0 Å². The molecule has 16 heavy (non-hydrogen) atoms.